The summed E-state index contributed by atoms with van der Waals surface area (Å²) in [4.78, 5) is 14.7. The van der Waals surface area contributed by atoms with Crippen LogP contribution in [0.1, 0.15) is 11.1 Å². The molecule has 5 heteroatoms. The minimum absolute atomic E-state index is 0.0952. The molecule has 3 nitrogen and oxygen atoms in total. The third kappa shape index (κ3) is 3.21. The highest BCUT2D eigenvalue weighted by Gasteiger charge is 2.31. The fourth-order valence-electron chi connectivity index (χ4n) is 2.17. The minimum Gasteiger partial charge on any atom is -0.508 e. The molecule has 0 radical (unpaired) electrons. The van der Waals surface area contributed by atoms with E-state index in [2.05, 4.69) is 0 Å². The number of nitrogens with zero attached hydrogens (tertiary/aromatic N) is 1. The lowest BCUT2D eigenvalue weighted by Crippen LogP contribution is -2.27. The fraction of sp³-hybridized carbons (Fsp3) is 0.0588. The minimum atomic E-state index is -0.0952. The summed E-state index contributed by atoms with van der Waals surface area (Å²) in [7, 11) is 0. The van der Waals surface area contributed by atoms with E-state index in [1.807, 2.05) is 36.4 Å². The van der Waals surface area contributed by atoms with E-state index in [0.717, 1.165) is 11.1 Å². The first-order valence-electron chi connectivity index (χ1n) is 6.72. The predicted octanol–water partition coefficient (Wildman–Crippen LogP) is 3.79. The molecule has 22 heavy (non-hydrogen) atoms. The van der Waals surface area contributed by atoms with Crippen LogP contribution < -0.4 is 0 Å². The molecule has 0 saturated carbocycles. The van der Waals surface area contributed by atoms with Gasteiger partial charge in [0.2, 0.25) is 0 Å². The van der Waals surface area contributed by atoms with E-state index in [0.29, 0.717) is 15.8 Å². The van der Waals surface area contributed by atoms with Gasteiger partial charge in [0.05, 0.1) is 11.4 Å². The maximum Gasteiger partial charge on any atom is 0.266 e. The zero-order valence-corrected chi connectivity index (χ0v) is 13.2. The maximum atomic E-state index is 12.5. The summed E-state index contributed by atoms with van der Waals surface area (Å²) >= 11 is 6.60. The average molecular weight is 327 g/mol. The maximum absolute atomic E-state index is 12.5. The number of carbonyl (C=O) groups is 1. The van der Waals surface area contributed by atoms with Crippen LogP contribution in [-0.2, 0) is 11.3 Å². The fourth-order valence-corrected chi connectivity index (χ4v) is 3.42. The van der Waals surface area contributed by atoms with Crippen molar-refractivity contribution in [2.24, 2.45) is 0 Å². The number of aromatic hydroxyl groups is 1. The van der Waals surface area contributed by atoms with Crippen LogP contribution in [0.2, 0.25) is 0 Å². The Balaban J connectivity index is 1.82. The first kappa shape index (κ1) is 14.8. The van der Waals surface area contributed by atoms with Crippen molar-refractivity contribution in [2.75, 3.05) is 0 Å². The summed E-state index contributed by atoms with van der Waals surface area (Å²) in [6, 6.07) is 16.5. The number of rotatable bonds is 3. The van der Waals surface area contributed by atoms with E-state index in [1.165, 1.54) is 11.8 Å². The van der Waals surface area contributed by atoms with E-state index in [4.69, 9.17) is 12.2 Å². The number of hydrogen-bond donors (Lipinski definition) is 1. The Kier molecular flexibility index (Phi) is 4.27. The number of hydrogen-bond acceptors (Lipinski definition) is 4. The number of benzene rings is 2. The molecule has 110 valence electrons. The molecule has 2 aromatic rings. The van der Waals surface area contributed by atoms with Crippen LogP contribution in [0.25, 0.3) is 6.08 Å². The van der Waals surface area contributed by atoms with Crippen LogP contribution in [0.15, 0.2) is 59.5 Å². The van der Waals surface area contributed by atoms with E-state index >= 15 is 0 Å². The lowest BCUT2D eigenvalue weighted by Gasteiger charge is -2.14. The largest absolute Gasteiger partial charge is 0.508 e. The van der Waals surface area contributed by atoms with Gasteiger partial charge in [0.15, 0.2) is 0 Å². The van der Waals surface area contributed by atoms with Gasteiger partial charge in [-0.3, -0.25) is 9.69 Å². The van der Waals surface area contributed by atoms with Crippen molar-refractivity contribution in [3.8, 4) is 5.75 Å². The summed E-state index contributed by atoms with van der Waals surface area (Å²) in [5.41, 5.74) is 1.82. The van der Waals surface area contributed by atoms with Gasteiger partial charge in [-0.1, -0.05) is 66.4 Å². The van der Waals surface area contributed by atoms with Crippen molar-refractivity contribution < 1.29 is 9.90 Å². The number of carbonyl (C=O) groups excluding carboxylic acids is 1. The molecule has 0 bridgehead atoms. The Hall–Kier alpha value is -2.11. The molecule has 0 aliphatic carbocycles. The van der Waals surface area contributed by atoms with Crippen LogP contribution in [0, 0.1) is 0 Å². The van der Waals surface area contributed by atoms with Crippen LogP contribution in [-0.4, -0.2) is 20.2 Å². The third-order valence-electron chi connectivity index (χ3n) is 3.23. The summed E-state index contributed by atoms with van der Waals surface area (Å²) < 4.78 is 0.556. The summed E-state index contributed by atoms with van der Waals surface area (Å²) in [5, 5.41) is 9.49. The number of phenolic OH excluding ortho intramolecular Hbond substituents is 1. The lowest BCUT2D eigenvalue weighted by molar-refractivity contribution is -0.122. The molecule has 1 aliphatic heterocycles. The van der Waals surface area contributed by atoms with E-state index in [-0.39, 0.29) is 11.7 Å². The number of amides is 1. The Morgan fingerprint density at radius 2 is 1.91 bits per heavy atom. The van der Waals surface area contributed by atoms with Crippen molar-refractivity contribution >= 4 is 40.3 Å². The second-order valence-corrected chi connectivity index (χ2v) is 6.52. The third-order valence-corrected chi connectivity index (χ3v) is 4.60. The van der Waals surface area contributed by atoms with Crippen LogP contribution >= 0.6 is 24.0 Å². The summed E-state index contributed by atoms with van der Waals surface area (Å²) in [5.74, 6) is 0.0794. The van der Waals surface area contributed by atoms with Crippen LogP contribution in [0.3, 0.4) is 0 Å². The monoisotopic (exact) mass is 327 g/mol. The molecule has 3 rings (SSSR count). The van der Waals surface area contributed by atoms with Gasteiger partial charge in [-0.2, -0.15) is 0 Å². The van der Waals surface area contributed by atoms with E-state index in [9.17, 15) is 9.90 Å². The number of thioether (sulfide) groups is 1. The van der Waals surface area contributed by atoms with Gasteiger partial charge in [0.25, 0.3) is 5.91 Å². The van der Waals surface area contributed by atoms with Crippen molar-refractivity contribution in [3.63, 3.8) is 0 Å². The van der Waals surface area contributed by atoms with Gasteiger partial charge in [-0.25, -0.2) is 0 Å². The van der Waals surface area contributed by atoms with Gasteiger partial charge in [0.1, 0.15) is 10.1 Å². The average Bonchev–Trinajstić information content (AvgIpc) is 2.76. The topological polar surface area (TPSA) is 40.5 Å². The van der Waals surface area contributed by atoms with E-state index < -0.39 is 0 Å². The molecule has 1 heterocycles. The summed E-state index contributed by atoms with van der Waals surface area (Å²) in [6.45, 7) is 0.475. The molecule has 1 aliphatic rings. The molecule has 1 fully saturated rings. The highest BCUT2D eigenvalue weighted by Crippen LogP contribution is 2.33. The zero-order valence-electron chi connectivity index (χ0n) is 11.6. The normalized spacial score (nSPS) is 16.5. The highest BCUT2D eigenvalue weighted by molar-refractivity contribution is 8.26. The molecule has 1 saturated heterocycles. The second-order valence-electron chi connectivity index (χ2n) is 4.85. The van der Waals surface area contributed by atoms with Crippen molar-refractivity contribution in [1.29, 1.82) is 0 Å². The first-order valence-corrected chi connectivity index (χ1v) is 7.94. The molecule has 0 unspecified atom stereocenters. The molecule has 0 aromatic heterocycles. The van der Waals surface area contributed by atoms with E-state index in [1.54, 1.807) is 29.2 Å². The molecular weight excluding hydrogens is 314 g/mol. The van der Waals surface area contributed by atoms with Gasteiger partial charge < -0.3 is 5.11 Å². The molecule has 0 spiro atoms. The van der Waals surface area contributed by atoms with Gasteiger partial charge in [-0.05, 0) is 29.3 Å². The van der Waals surface area contributed by atoms with Crippen LogP contribution in [0.4, 0.5) is 0 Å². The molecular formula is C17H13NO2S2. The smallest absolute Gasteiger partial charge is 0.266 e. The Bertz CT molecular complexity index is 756. The number of phenols is 1. The van der Waals surface area contributed by atoms with Gasteiger partial charge in [-0.15, -0.1) is 0 Å². The zero-order chi connectivity index (χ0) is 15.5. The van der Waals surface area contributed by atoms with Crippen LogP contribution in [0.5, 0.6) is 5.75 Å². The Labute approximate surface area is 138 Å². The second kappa shape index (κ2) is 6.34. The van der Waals surface area contributed by atoms with Gasteiger partial charge in [0, 0.05) is 0 Å². The van der Waals surface area contributed by atoms with Gasteiger partial charge >= 0.3 is 0 Å². The Morgan fingerprint density at radius 1 is 1.14 bits per heavy atom. The quantitative estimate of drug-likeness (QED) is 0.688. The highest BCUT2D eigenvalue weighted by atomic mass is 32.2. The first-order chi connectivity index (χ1) is 10.6. The SMILES string of the molecule is O=C1/C(=C/c2cccc(O)c2)SC(=S)N1Cc1ccccc1. The molecule has 1 N–H and O–H groups in total. The molecule has 1 amide bonds. The molecule has 2 aromatic carbocycles. The Morgan fingerprint density at radius 3 is 2.64 bits per heavy atom. The predicted molar refractivity (Wildman–Crippen MR) is 93.3 cm³/mol. The summed E-state index contributed by atoms with van der Waals surface area (Å²) in [6.07, 6.45) is 1.75. The lowest BCUT2D eigenvalue weighted by atomic mass is 10.2. The number of thiocarbonyl (C=S) groups is 1. The van der Waals surface area contributed by atoms with Crippen molar-refractivity contribution in [1.82, 2.24) is 4.90 Å². The standard InChI is InChI=1S/C17H13NO2S2/c19-14-8-4-7-13(9-14)10-15-16(20)18(17(21)22-15)11-12-5-2-1-3-6-12/h1-10,19H,11H2/b15-10-. The van der Waals surface area contributed by atoms with Crippen molar-refractivity contribution in [3.05, 3.63) is 70.6 Å². The van der Waals surface area contributed by atoms with Crippen molar-refractivity contribution in [2.45, 2.75) is 6.54 Å². The molecule has 0 atom stereocenters.